The molecular weight excluding hydrogens is 294 g/mol. The molecule has 0 amide bonds. The summed E-state index contributed by atoms with van der Waals surface area (Å²) >= 11 is 3.27. The number of aromatic nitrogens is 1. The van der Waals surface area contributed by atoms with Gasteiger partial charge in [0.1, 0.15) is 5.69 Å². The number of ether oxygens (including phenoxy) is 1. The first-order chi connectivity index (χ1) is 8.60. The SMILES string of the molecule is C=Cc1cnc(C(=O)OCC)cc1C(=C)Br.CC. The minimum Gasteiger partial charge on any atom is -0.461 e. The van der Waals surface area contributed by atoms with E-state index < -0.39 is 5.97 Å². The molecule has 0 spiro atoms. The minimum absolute atomic E-state index is 0.267. The standard InChI is InChI=1S/C12H12BrNO2.C2H6/c1-4-9-7-14-11(12(15)16-5-2)6-10(9)8(3)13;1-2/h4,6-7H,1,3,5H2,2H3;1-2H3. The maximum atomic E-state index is 11.5. The number of hydrogen-bond donors (Lipinski definition) is 0. The van der Waals surface area contributed by atoms with Gasteiger partial charge in [-0.25, -0.2) is 9.78 Å². The van der Waals surface area contributed by atoms with E-state index in [0.717, 1.165) is 11.1 Å². The molecule has 3 nitrogen and oxygen atoms in total. The molecule has 1 aromatic rings. The van der Waals surface area contributed by atoms with Crippen molar-refractivity contribution in [1.29, 1.82) is 0 Å². The maximum Gasteiger partial charge on any atom is 0.356 e. The highest BCUT2D eigenvalue weighted by Gasteiger charge is 2.11. The van der Waals surface area contributed by atoms with Crippen LogP contribution >= 0.6 is 15.9 Å². The Morgan fingerprint density at radius 3 is 2.61 bits per heavy atom. The fourth-order valence-corrected chi connectivity index (χ4v) is 1.52. The smallest absolute Gasteiger partial charge is 0.356 e. The molecule has 0 atom stereocenters. The summed E-state index contributed by atoms with van der Waals surface area (Å²) in [6.07, 6.45) is 3.23. The van der Waals surface area contributed by atoms with E-state index in [-0.39, 0.29) is 5.69 Å². The summed E-state index contributed by atoms with van der Waals surface area (Å²) in [4.78, 5) is 15.5. The molecular formula is C14H18BrNO2. The zero-order chi connectivity index (χ0) is 14.1. The van der Waals surface area contributed by atoms with Gasteiger partial charge in [-0.05, 0) is 18.6 Å². The number of rotatable bonds is 4. The van der Waals surface area contributed by atoms with E-state index in [0.29, 0.717) is 11.1 Å². The van der Waals surface area contributed by atoms with Crippen LogP contribution in [0.15, 0.2) is 25.4 Å². The van der Waals surface area contributed by atoms with Crippen molar-refractivity contribution in [1.82, 2.24) is 4.98 Å². The van der Waals surface area contributed by atoms with Crippen LogP contribution in [0.1, 0.15) is 42.4 Å². The molecule has 0 bridgehead atoms. The molecule has 0 aliphatic rings. The molecule has 18 heavy (non-hydrogen) atoms. The van der Waals surface area contributed by atoms with E-state index in [1.807, 2.05) is 13.8 Å². The van der Waals surface area contributed by atoms with Crippen LogP contribution in [0.5, 0.6) is 0 Å². The Bertz CT molecular complexity index is 441. The fraction of sp³-hybridized carbons (Fsp3) is 0.286. The van der Waals surface area contributed by atoms with Crippen molar-refractivity contribution in [2.45, 2.75) is 20.8 Å². The Morgan fingerprint density at radius 1 is 1.56 bits per heavy atom. The summed E-state index contributed by atoms with van der Waals surface area (Å²) in [5.74, 6) is -0.437. The Balaban J connectivity index is 0.00000137. The molecule has 0 aliphatic heterocycles. The van der Waals surface area contributed by atoms with Crippen LogP contribution in [0, 0.1) is 0 Å². The highest BCUT2D eigenvalue weighted by molar-refractivity contribution is 9.15. The van der Waals surface area contributed by atoms with Gasteiger partial charge in [-0.15, -0.1) is 0 Å². The predicted octanol–water partition coefficient (Wildman–Crippen LogP) is 4.29. The molecule has 0 saturated heterocycles. The number of nitrogens with zero attached hydrogens (tertiary/aromatic N) is 1. The molecule has 0 aliphatic carbocycles. The minimum atomic E-state index is -0.437. The molecule has 1 rings (SSSR count). The van der Waals surface area contributed by atoms with E-state index in [9.17, 15) is 4.79 Å². The van der Waals surface area contributed by atoms with Crippen molar-refractivity contribution in [2.75, 3.05) is 6.61 Å². The van der Waals surface area contributed by atoms with Gasteiger partial charge < -0.3 is 4.74 Å². The van der Waals surface area contributed by atoms with Crippen molar-refractivity contribution in [2.24, 2.45) is 0 Å². The van der Waals surface area contributed by atoms with Gasteiger partial charge in [-0.2, -0.15) is 0 Å². The summed E-state index contributed by atoms with van der Waals surface area (Å²) in [5.41, 5.74) is 1.87. The van der Waals surface area contributed by atoms with Crippen LogP contribution in [0.4, 0.5) is 0 Å². The molecule has 1 aromatic heterocycles. The second kappa shape index (κ2) is 8.64. The van der Waals surface area contributed by atoms with E-state index in [1.54, 1.807) is 25.3 Å². The van der Waals surface area contributed by atoms with Crippen molar-refractivity contribution < 1.29 is 9.53 Å². The monoisotopic (exact) mass is 311 g/mol. The zero-order valence-electron chi connectivity index (χ0n) is 11.0. The summed E-state index contributed by atoms with van der Waals surface area (Å²) in [7, 11) is 0. The van der Waals surface area contributed by atoms with Crippen molar-refractivity contribution in [3.8, 4) is 0 Å². The van der Waals surface area contributed by atoms with Crippen molar-refractivity contribution in [3.05, 3.63) is 42.2 Å². The normalized spacial score (nSPS) is 8.89. The molecule has 4 heteroatoms. The lowest BCUT2D eigenvalue weighted by atomic mass is 10.1. The van der Waals surface area contributed by atoms with Gasteiger partial charge in [-0.1, -0.05) is 49.0 Å². The van der Waals surface area contributed by atoms with Crippen LogP contribution in [0.3, 0.4) is 0 Å². The second-order valence-electron chi connectivity index (χ2n) is 2.99. The van der Waals surface area contributed by atoms with Gasteiger partial charge in [0.2, 0.25) is 0 Å². The van der Waals surface area contributed by atoms with E-state index in [1.165, 1.54) is 0 Å². The lowest BCUT2D eigenvalue weighted by Gasteiger charge is -2.06. The van der Waals surface area contributed by atoms with Gasteiger partial charge >= 0.3 is 5.97 Å². The van der Waals surface area contributed by atoms with Gasteiger partial charge in [0.25, 0.3) is 0 Å². The Kier molecular flexibility index (Phi) is 7.96. The third kappa shape index (κ3) is 4.45. The second-order valence-corrected chi connectivity index (χ2v) is 3.94. The average molecular weight is 312 g/mol. The summed E-state index contributed by atoms with van der Waals surface area (Å²) in [5, 5.41) is 0. The summed E-state index contributed by atoms with van der Waals surface area (Å²) in [6, 6.07) is 1.63. The zero-order valence-corrected chi connectivity index (χ0v) is 12.6. The number of esters is 1. The molecule has 0 fully saturated rings. The van der Waals surface area contributed by atoms with Crippen LogP contribution < -0.4 is 0 Å². The number of carbonyl (C=O) groups is 1. The van der Waals surface area contributed by atoms with Crippen LogP contribution in [0.2, 0.25) is 0 Å². The predicted molar refractivity (Wildman–Crippen MR) is 79.6 cm³/mol. The lowest BCUT2D eigenvalue weighted by Crippen LogP contribution is -2.07. The van der Waals surface area contributed by atoms with Crippen LogP contribution in [-0.4, -0.2) is 17.6 Å². The third-order valence-corrected chi connectivity index (χ3v) is 2.36. The fourth-order valence-electron chi connectivity index (χ4n) is 1.18. The number of carbonyl (C=O) groups excluding carboxylic acids is 1. The average Bonchev–Trinajstić information content (AvgIpc) is 2.40. The molecule has 0 unspecified atom stereocenters. The van der Waals surface area contributed by atoms with Crippen LogP contribution in [-0.2, 0) is 4.74 Å². The van der Waals surface area contributed by atoms with Gasteiger partial charge in [0.05, 0.1) is 6.61 Å². The molecule has 0 N–H and O–H groups in total. The summed E-state index contributed by atoms with van der Waals surface area (Å²) < 4.78 is 5.54. The van der Waals surface area contributed by atoms with Gasteiger partial charge in [0.15, 0.2) is 0 Å². The summed E-state index contributed by atoms with van der Waals surface area (Å²) in [6.45, 7) is 13.5. The van der Waals surface area contributed by atoms with Crippen molar-refractivity contribution in [3.63, 3.8) is 0 Å². The molecule has 0 saturated carbocycles. The molecule has 98 valence electrons. The van der Waals surface area contributed by atoms with Crippen LogP contribution in [0.25, 0.3) is 10.6 Å². The number of pyridine rings is 1. The van der Waals surface area contributed by atoms with E-state index >= 15 is 0 Å². The maximum absolute atomic E-state index is 11.5. The van der Waals surface area contributed by atoms with Crippen molar-refractivity contribution >= 4 is 32.5 Å². The topological polar surface area (TPSA) is 39.2 Å². The number of hydrogen-bond acceptors (Lipinski definition) is 3. The first kappa shape index (κ1) is 16.6. The number of halogens is 1. The van der Waals surface area contributed by atoms with Gasteiger partial charge in [0, 0.05) is 16.2 Å². The first-order valence-corrected chi connectivity index (χ1v) is 6.53. The Morgan fingerprint density at radius 2 is 2.17 bits per heavy atom. The Hall–Kier alpha value is -1.42. The largest absolute Gasteiger partial charge is 0.461 e. The highest BCUT2D eigenvalue weighted by atomic mass is 79.9. The lowest BCUT2D eigenvalue weighted by molar-refractivity contribution is 0.0519. The molecule has 1 heterocycles. The quantitative estimate of drug-likeness (QED) is 0.778. The third-order valence-electron chi connectivity index (χ3n) is 1.93. The Labute approximate surface area is 117 Å². The highest BCUT2D eigenvalue weighted by Crippen LogP contribution is 2.24. The first-order valence-electron chi connectivity index (χ1n) is 5.74. The van der Waals surface area contributed by atoms with E-state index in [4.69, 9.17) is 4.74 Å². The van der Waals surface area contributed by atoms with E-state index in [2.05, 4.69) is 34.1 Å². The molecule has 0 radical (unpaired) electrons. The molecule has 0 aromatic carbocycles. The van der Waals surface area contributed by atoms with Gasteiger partial charge in [-0.3, -0.25) is 0 Å².